The molecule has 0 radical (unpaired) electrons. The van der Waals surface area contributed by atoms with Crippen molar-refractivity contribution in [1.29, 1.82) is 0 Å². The number of amides is 1. The van der Waals surface area contributed by atoms with Gasteiger partial charge in [-0.25, -0.2) is 0 Å². The Morgan fingerprint density at radius 3 is 2.50 bits per heavy atom. The second-order valence-electron chi connectivity index (χ2n) is 6.59. The number of nitrogens with one attached hydrogen (secondary N) is 1. The van der Waals surface area contributed by atoms with Crippen molar-refractivity contribution in [1.82, 2.24) is 10.2 Å². The Labute approximate surface area is 110 Å². The third-order valence-corrected chi connectivity index (χ3v) is 5.35. The van der Waals surface area contributed by atoms with Crippen LogP contribution in [-0.4, -0.2) is 37.0 Å². The fourth-order valence-electron chi connectivity index (χ4n) is 4.16. The number of rotatable bonds is 1. The smallest absolute Gasteiger partial charge is 0.225 e. The Balaban J connectivity index is 1.59. The van der Waals surface area contributed by atoms with Gasteiger partial charge in [-0.05, 0) is 50.6 Å². The van der Waals surface area contributed by atoms with Gasteiger partial charge in [0, 0.05) is 19.0 Å². The van der Waals surface area contributed by atoms with Gasteiger partial charge in [0.15, 0.2) is 0 Å². The molecule has 1 amide bonds. The number of carbonyl (C=O) groups is 1. The summed E-state index contributed by atoms with van der Waals surface area (Å²) < 4.78 is 0. The highest BCUT2D eigenvalue weighted by Crippen LogP contribution is 2.44. The van der Waals surface area contributed by atoms with Crippen LogP contribution in [0, 0.1) is 11.3 Å². The van der Waals surface area contributed by atoms with E-state index < -0.39 is 0 Å². The molecule has 0 atom stereocenters. The van der Waals surface area contributed by atoms with Gasteiger partial charge in [0.25, 0.3) is 0 Å². The highest BCUT2D eigenvalue weighted by molar-refractivity contribution is 5.79. The molecule has 0 bridgehead atoms. The van der Waals surface area contributed by atoms with Gasteiger partial charge in [0.2, 0.25) is 5.91 Å². The van der Waals surface area contributed by atoms with E-state index in [2.05, 4.69) is 10.2 Å². The van der Waals surface area contributed by atoms with Gasteiger partial charge in [-0.15, -0.1) is 0 Å². The lowest BCUT2D eigenvalue weighted by atomic mass is 9.73. The van der Waals surface area contributed by atoms with Gasteiger partial charge in [0.05, 0.1) is 0 Å². The van der Waals surface area contributed by atoms with Crippen molar-refractivity contribution in [2.45, 2.75) is 51.4 Å². The molecule has 3 aliphatic rings. The molecule has 2 aliphatic heterocycles. The normalized spacial score (nSPS) is 28.8. The number of likely N-dealkylation sites (tertiary alicyclic amines) is 1. The summed E-state index contributed by atoms with van der Waals surface area (Å²) in [5, 5.41) is 3.35. The van der Waals surface area contributed by atoms with Crippen LogP contribution in [-0.2, 0) is 4.79 Å². The van der Waals surface area contributed by atoms with E-state index in [1.54, 1.807) is 0 Å². The van der Waals surface area contributed by atoms with Crippen LogP contribution in [0.1, 0.15) is 51.4 Å². The van der Waals surface area contributed by atoms with E-state index in [0.717, 1.165) is 39.0 Å². The van der Waals surface area contributed by atoms with Gasteiger partial charge >= 0.3 is 0 Å². The molecule has 0 aromatic heterocycles. The molecule has 0 unspecified atom stereocenters. The molecule has 102 valence electrons. The first-order valence-corrected chi connectivity index (χ1v) is 7.79. The summed E-state index contributed by atoms with van der Waals surface area (Å²) in [5.74, 6) is 0.768. The zero-order valence-corrected chi connectivity index (χ0v) is 11.4. The lowest BCUT2D eigenvalue weighted by Crippen LogP contribution is -2.41. The van der Waals surface area contributed by atoms with Gasteiger partial charge in [-0.3, -0.25) is 4.79 Å². The number of carbonyl (C=O) groups excluding carboxylic acids is 1. The number of piperidine rings is 1. The van der Waals surface area contributed by atoms with E-state index in [1.165, 1.54) is 38.5 Å². The molecule has 1 spiro atoms. The zero-order valence-electron chi connectivity index (χ0n) is 11.4. The molecule has 3 rings (SSSR count). The van der Waals surface area contributed by atoms with E-state index in [9.17, 15) is 4.79 Å². The minimum atomic E-state index is 0.310. The molecule has 2 heterocycles. The highest BCUT2D eigenvalue weighted by atomic mass is 16.2. The maximum Gasteiger partial charge on any atom is 0.225 e. The summed E-state index contributed by atoms with van der Waals surface area (Å²) in [6, 6.07) is 0. The van der Waals surface area contributed by atoms with E-state index in [0.29, 0.717) is 17.2 Å². The first kappa shape index (κ1) is 12.5. The number of hydrogen-bond donors (Lipinski definition) is 1. The van der Waals surface area contributed by atoms with Crippen LogP contribution in [0.2, 0.25) is 0 Å². The Bertz CT molecular complexity index is 304. The molecular weight excluding hydrogens is 224 g/mol. The van der Waals surface area contributed by atoms with Crippen LogP contribution in [0.4, 0.5) is 0 Å². The molecule has 3 nitrogen and oxygen atoms in total. The van der Waals surface area contributed by atoms with Gasteiger partial charge < -0.3 is 10.2 Å². The van der Waals surface area contributed by atoms with Gasteiger partial charge in [-0.2, -0.15) is 0 Å². The molecule has 3 heteroatoms. The summed E-state index contributed by atoms with van der Waals surface area (Å²) in [6.45, 7) is 4.14. The third kappa shape index (κ3) is 2.42. The van der Waals surface area contributed by atoms with E-state index in [1.807, 2.05) is 0 Å². The highest BCUT2D eigenvalue weighted by Gasteiger charge is 2.41. The molecular formula is C15H26N2O. The molecule has 1 N–H and O–H groups in total. The van der Waals surface area contributed by atoms with Crippen molar-refractivity contribution in [2.24, 2.45) is 11.3 Å². The molecule has 1 saturated carbocycles. The lowest BCUT2D eigenvalue weighted by molar-refractivity contribution is -0.135. The summed E-state index contributed by atoms with van der Waals surface area (Å²) in [7, 11) is 0. The maximum absolute atomic E-state index is 12.5. The van der Waals surface area contributed by atoms with Crippen molar-refractivity contribution < 1.29 is 4.79 Å². The maximum atomic E-state index is 12.5. The van der Waals surface area contributed by atoms with Crippen molar-refractivity contribution in [3.8, 4) is 0 Å². The minimum absolute atomic E-state index is 0.310. The Morgan fingerprint density at radius 2 is 1.78 bits per heavy atom. The standard InChI is InChI=1S/C15H26N2O/c18-14(13-4-9-16-10-5-13)17-11-8-15(12-17)6-2-1-3-7-15/h13,16H,1-12H2. The zero-order chi connectivity index (χ0) is 12.4. The Hall–Kier alpha value is -0.570. The van der Waals surface area contributed by atoms with E-state index >= 15 is 0 Å². The lowest BCUT2D eigenvalue weighted by Gasteiger charge is -2.34. The van der Waals surface area contributed by atoms with Gasteiger partial charge in [-0.1, -0.05) is 19.3 Å². The molecule has 1 aliphatic carbocycles. The van der Waals surface area contributed by atoms with Crippen LogP contribution < -0.4 is 5.32 Å². The first-order valence-electron chi connectivity index (χ1n) is 7.79. The number of hydrogen-bond acceptors (Lipinski definition) is 2. The van der Waals surface area contributed by atoms with Crippen molar-refractivity contribution in [2.75, 3.05) is 26.2 Å². The Morgan fingerprint density at radius 1 is 1.06 bits per heavy atom. The minimum Gasteiger partial charge on any atom is -0.342 e. The van der Waals surface area contributed by atoms with Crippen LogP contribution in [0.25, 0.3) is 0 Å². The second kappa shape index (κ2) is 5.20. The summed E-state index contributed by atoms with van der Waals surface area (Å²) in [4.78, 5) is 14.7. The molecule has 3 fully saturated rings. The fourth-order valence-corrected chi connectivity index (χ4v) is 4.16. The largest absolute Gasteiger partial charge is 0.342 e. The Kier molecular flexibility index (Phi) is 3.60. The first-order chi connectivity index (χ1) is 8.79. The van der Waals surface area contributed by atoms with Crippen LogP contribution in [0.5, 0.6) is 0 Å². The van der Waals surface area contributed by atoms with Gasteiger partial charge in [0.1, 0.15) is 0 Å². The predicted octanol–water partition coefficient (Wildman–Crippen LogP) is 2.17. The van der Waals surface area contributed by atoms with Crippen molar-refractivity contribution >= 4 is 5.91 Å². The number of nitrogens with zero attached hydrogens (tertiary/aromatic N) is 1. The summed E-state index contributed by atoms with van der Waals surface area (Å²) in [5.41, 5.74) is 0.515. The topological polar surface area (TPSA) is 32.3 Å². The van der Waals surface area contributed by atoms with Crippen LogP contribution >= 0.6 is 0 Å². The third-order valence-electron chi connectivity index (χ3n) is 5.35. The van der Waals surface area contributed by atoms with Crippen LogP contribution in [0.3, 0.4) is 0 Å². The van der Waals surface area contributed by atoms with Crippen molar-refractivity contribution in [3.63, 3.8) is 0 Å². The fraction of sp³-hybridized carbons (Fsp3) is 0.933. The molecule has 2 saturated heterocycles. The molecule has 0 aromatic rings. The average Bonchev–Trinajstić information content (AvgIpc) is 2.83. The van der Waals surface area contributed by atoms with Crippen LogP contribution in [0.15, 0.2) is 0 Å². The quantitative estimate of drug-likeness (QED) is 0.773. The van der Waals surface area contributed by atoms with Crippen molar-refractivity contribution in [3.05, 3.63) is 0 Å². The average molecular weight is 250 g/mol. The SMILES string of the molecule is O=C(C1CCNCC1)N1CCC2(CCCCC2)C1. The monoisotopic (exact) mass is 250 g/mol. The second-order valence-corrected chi connectivity index (χ2v) is 6.59. The summed E-state index contributed by atoms with van der Waals surface area (Å²) in [6.07, 6.45) is 10.3. The molecule has 18 heavy (non-hydrogen) atoms. The molecule has 0 aromatic carbocycles. The predicted molar refractivity (Wildman–Crippen MR) is 72.3 cm³/mol. The summed E-state index contributed by atoms with van der Waals surface area (Å²) >= 11 is 0. The van der Waals surface area contributed by atoms with E-state index in [-0.39, 0.29) is 0 Å². The van der Waals surface area contributed by atoms with E-state index in [4.69, 9.17) is 0 Å².